The highest BCUT2D eigenvalue weighted by molar-refractivity contribution is 5.69. The first kappa shape index (κ1) is 14.5. The molecule has 0 aliphatic carbocycles. The van der Waals surface area contributed by atoms with Crippen molar-refractivity contribution in [3.8, 4) is 11.5 Å². The summed E-state index contributed by atoms with van der Waals surface area (Å²) in [4.78, 5) is 11.3. The van der Waals surface area contributed by atoms with Gasteiger partial charge in [-0.3, -0.25) is 4.79 Å². The first-order chi connectivity index (χ1) is 10.1. The van der Waals surface area contributed by atoms with Gasteiger partial charge in [0.05, 0.1) is 7.11 Å². The van der Waals surface area contributed by atoms with Gasteiger partial charge in [-0.05, 0) is 36.4 Å². The van der Waals surface area contributed by atoms with Gasteiger partial charge in [0.15, 0.2) is 0 Å². The smallest absolute Gasteiger partial charge is 0.308 e. The van der Waals surface area contributed by atoms with E-state index >= 15 is 0 Å². The highest BCUT2D eigenvalue weighted by Crippen LogP contribution is 2.22. The number of carbonyl (C=O) groups is 1. The average molecular weight is 286 g/mol. The zero-order chi connectivity index (χ0) is 15.2. The van der Waals surface area contributed by atoms with Gasteiger partial charge < -0.3 is 14.7 Å². The molecule has 0 bridgehead atoms. The van der Waals surface area contributed by atoms with Crippen LogP contribution in [0.5, 0.6) is 11.5 Å². The van der Waals surface area contributed by atoms with Crippen LogP contribution in [0.1, 0.15) is 6.92 Å². The molecule has 0 aromatic heterocycles. The van der Waals surface area contributed by atoms with E-state index in [4.69, 9.17) is 9.47 Å². The van der Waals surface area contributed by atoms with Gasteiger partial charge in [0.2, 0.25) is 5.69 Å². The molecule has 0 saturated carbocycles. The highest BCUT2D eigenvalue weighted by atomic mass is 16.5. The zero-order valence-corrected chi connectivity index (χ0v) is 11.6. The maximum atomic E-state index is 11.9. The number of esters is 1. The zero-order valence-electron chi connectivity index (χ0n) is 11.6. The number of azo groups is 1. The minimum atomic E-state index is -0.400. The van der Waals surface area contributed by atoms with E-state index in [0.717, 1.165) is 0 Å². The number of nitrogens with zero attached hydrogens (tertiary/aromatic N) is 2. The Kier molecular flexibility index (Phi) is 4.50. The first-order valence-corrected chi connectivity index (χ1v) is 6.20. The average Bonchev–Trinajstić information content (AvgIpc) is 2.49. The fourth-order valence-corrected chi connectivity index (χ4v) is 1.62. The van der Waals surface area contributed by atoms with Crippen molar-refractivity contribution in [2.24, 2.45) is 5.11 Å². The van der Waals surface area contributed by atoms with Crippen molar-refractivity contribution in [2.45, 2.75) is 6.92 Å². The van der Waals surface area contributed by atoms with Crippen LogP contribution in [-0.4, -0.2) is 17.9 Å². The molecule has 0 unspecified atom stereocenters. The molecular weight excluding hydrogens is 272 g/mol. The molecule has 0 atom stereocenters. The summed E-state index contributed by atoms with van der Waals surface area (Å²) in [6.45, 7) is 1.32. The molecule has 0 radical (unpaired) electrons. The van der Waals surface area contributed by atoms with Crippen LogP contribution < -0.4 is 9.47 Å². The number of rotatable bonds is 4. The first-order valence-electron chi connectivity index (χ1n) is 6.20. The Bertz CT molecular complexity index is 648. The highest BCUT2D eigenvalue weighted by Gasteiger charge is 2.05. The lowest BCUT2D eigenvalue weighted by Gasteiger charge is -2.02. The Balaban J connectivity index is 2.15. The normalized spacial score (nSPS) is 11.0. The van der Waals surface area contributed by atoms with Crippen molar-refractivity contribution in [3.05, 3.63) is 53.7 Å². The Morgan fingerprint density at radius 1 is 1.05 bits per heavy atom. The molecule has 2 rings (SSSR count). The lowest BCUT2D eigenvalue weighted by atomic mass is 10.3. The van der Waals surface area contributed by atoms with Crippen LogP contribution in [0.25, 0.3) is 0 Å². The minimum Gasteiger partial charge on any atom is -0.594 e. The fraction of sp³-hybridized carbons (Fsp3) is 0.133. The van der Waals surface area contributed by atoms with Gasteiger partial charge >= 0.3 is 5.97 Å². The molecular formula is C15H14N2O4. The molecule has 6 nitrogen and oxygen atoms in total. The van der Waals surface area contributed by atoms with E-state index in [-0.39, 0.29) is 0 Å². The number of benzene rings is 2. The van der Waals surface area contributed by atoms with Crippen LogP contribution in [-0.2, 0) is 4.79 Å². The van der Waals surface area contributed by atoms with Crippen LogP contribution in [0.3, 0.4) is 0 Å². The van der Waals surface area contributed by atoms with Gasteiger partial charge in [0.1, 0.15) is 17.2 Å². The molecule has 0 aliphatic rings. The van der Waals surface area contributed by atoms with Gasteiger partial charge in [-0.1, -0.05) is 4.86 Å². The topological polar surface area (TPSA) is 74.0 Å². The second-order valence-electron chi connectivity index (χ2n) is 4.16. The van der Waals surface area contributed by atoms with E-state index in [1.165, 1.54) is 6.92 Å². The van der Waals surface area contributed by atoms with Crippen LogP contribution in [0.2, 0.25) is 0 Å². The number of ether oxygens (including phenoxy) is 2. The van der Waals surface area contributed by atoms with Crippen LogP contribution >= 0.6 is 0 Å². The van der Waals surface area contributed by atoms with E-state index in [0.29, 0.717) is 27.7 Å². The van der Waals surface area contributed by atoms with Crippen LogP contribution in [0.15, 0.2) is 53.6 Å². The quantitative estimate of drug-likeness (QED) is 0.283. The van der Waals surface area contributed by atoms with Gasteiger partial charge in [-0.25, -0.2) is 0 Å². The summed E-state index contributed by atoms with van der Waals surface area (Å²) in [6, 6.07) is 12.9. The summed E-state index contributed by atoms with van der Waals surface area (Å²) in [5.41, 5.74) is 0.844. The molecule has 2 aromatic rings. The molecule has 0 aliphatic heterocycles. The summed E-state index contributed by atoms with van der Waals surface area (Å²) in [5.74, 6) is 0.671. The molecule has 6 heteroatoms. The van der Waals surface area contributed by atoms with Gasteiger partial charge in [-0.15, -0.1) is 0 Å². The summed E-state index contributed by atoms with van der Waals surface area (Å²) in [5, 5.41) is 15.8. The van der Waals surface area contributed by atoms with E-state index in [1.807, 2.05) is 0 Å². The van der Waals surface area contributed by atoms with Crippen molar-refractivity contribution in [2.75, 3.05) is 7.11 Å². The minimum absolute atomic E-state index is 0.389. The number of hydrogen-bond acceptors (Lipinski definition) is 5. The Hall–Kier alpha value is -2.89. The second-order valence-corrected chi connectivity index (χ2v) is 4.16. The maximum absolute atomic E-state index is 11.9. The molecule has 0 amide bonds. The van der Waals surface area contributed by atoms with Gasteiger partial charge in [0.25, 0.3) is 0 Å². The van der Waals surface area contributed by atoms with E-state index in [9.17, 15) is 10.0 Å². The van der Waals surface area contributed by atoms with E-state index in [1.54, 1.807) is 55.6 Å². The lowest BCUT2D eigenvalue weighted by molar-refractivity contribution is -0.435. The van der Waals surface area contributed by atoms with E-state index in [2.05, 4.69) is 5.11 Å². The van der Waals surface area contributed by atoms with E-state index < -0.39 is 5.97 Å². The van der Waals surface area contributed by atoms with Crippen molar-refractivity contribution in [1.82, 2.24) is 0 Å². The SMILES string of the molecule is COc1ccc([N+]([O-])=Nc2ccc(OC(C)=O)cc2)cc1. The van der Waals surface area contributed by atoms with Crippen molar-refractivity contribution < 1.29 is 19.1 Å². The third kappa shape index (κ3) is 4.04. The molecule has 0 N–H and O–H groups in total. The number of carbonyl (C=O) groups excluding carboxylic acids is 1. The summed E-state index contributed by atoms with van der Waals surface area (Å²) >= 11 is 0. The lowest BCUT2D eigenvalue weighted by Crippen LogP contribution is -2.00. The Morgan fingerprint density at radius 2 is 1.62 bits per heavy atom. The third-order valence-electron chi connectivity index (χ3n) is 2.60. The predicted molar refractivity (Wildman–Crippen MR) is 76.1 cm³/mol. The summed E-state index contributed by atoms with van der Waals surface area (Å²) in [6.07, 6.45) is 0. The van der Waals surface area contributed by atoms with Crippen molar-refractivity contribution in [1.29, 1.82) is 0 Å². The monoisotopic (exact) mass is 286 g/mol. The molecule has 0 spiro atoms. The molecule has 2 aromatic carbocycles. The predicted octanol–water partition coefficient (Wildman–Crippen LogP) is 3.55. The Morgan fingerprint density at radius 3 is 2.14 bits per heavy atom. The van der Waals surface area contributed by atoms with Crippen molar-refractivity contribution >= 4 is 17.3 Å². The summed E-state index contributed by atoms with van der Waals surface area (Å²) < 4.78 is 9.92. The molecule has 0 heterocycles. The standard InChI is InChI=1S/C15H14N2O4/c1-11(18)21-15-7-3-12(4-8-15)16-17(19)13-5-9-14(20-2)10-6-13/h3-10H,1-2H3. The number of methoxy groups -OCH3 is 1. The summed E-state index contributed by atoms with van der Waals surface area (Å²) in [7, 11) is 1.55. The second kappa shape index (κ2) is 6.51. The maximum Gasteiger partial charge on any atom is 0.308 e. The Labute approximate surface area is 121 Å². The van der Waals surface area contributed by atoms with Crippen LogP contribution in [0, 0.1) is 5.21 Å². The largest absolute Gasteiger partial charge is 0.594 e. The molecule has 108 valence electrons. The number of hydrogen-bond donors (Lipinski definition) is 0. The third-order valence-corrected chi connectivity index (χ3v) is 2.60. The van der Waals surface area contributed by atoms with Gasteiger partial charge in [0, 0.05) is 24.2 Å². The van der Waals surface area contributed by atoms with Gasteiger partial charge in [-0.2, -0.15) is 0 Å². The van der Waals surface area contributed by atoms with Crippen LogP contribution in [0.4, 0.5) is 11.4 Å². The molecule has 21 heavy (non-hydrogen) atoms. The molecule has 0 saturated heterocycles. The fourth-order valence-electron chi connectivity index (χ4n) is 1.62. The van der Waals surface area contributed by atoms with Crippen molar-refractivity contribution in [3.63, 3.8) is 0 Å². The molecule has 0 fully saturated rings.